The van der Waals surface area contributed by atoms with Gasteiger partial charge in [-0.25, -0.2) is 9.59 Å². The van der Waals surface area contributed by atoms with Gasteiger partial charge in [-0.3, -0.25) is 19.3 Å². The number of aliphatic carboxylic acids is 1. The van der Waals surface area contributed by atoms with Gasteiger partial charge < -0.3 is 30.9 Å². The summed E-state index contributed by atoms with van der Waals surface area (Å²) in [4.78, 5) is 62.5. The Labute approximate surface area is 264 Å². The third-order valence-corrected chi connectivity index (χ3v) is 7.03. The topological polar surface area (TPSA) is 174 Å². The Morgan fingerprint density at radius 1 is 0.783 bits per heavy atom. The van der Waals surface area contributed by atoms with Crippen molar-refractivity contribution in [1.82, 2.24) is 5.32 Å². The lowest BCUT2D eigenvalue weighted by atomic mass is 10.0. The van der Waals surface area contributed by atoms with Gasteiger partial charge in [0.15, 0.2) is 0 Å². The van der Waals surface area contributed by atoms with Crippen molar-refractivity contribution >= 4 is 52.5 Å². The molecule has 0 aromatic heterocycles. The number of methoxy groups -OCH3 is 1. The molecule has 46 heavy (non-hydrogen) atoms. The molecule has 0 fully saturated rings. The molecule has 0 aliphatic rings. The third-order valence-electron chi connectivity index (χ3n) is 7.03. The van der Waals surface area contributed by atoms with Crippen molar-refractivity contribution in [3.05, 3.63) is 113 Å². The summed E-state index contributed by atoms with van der Waals surface area (Å²) in [6, 6.07) is 22.5. The Hall–Kier alpha value is -6.17. The summed E-state index contributed by atoms with van der Waals surface area (Å²) in [5.41, 5.74) is 3.48. The van der Waals surface area contributed by atoms with E-state index >= 15 is 0 Å². The molecule has 4 amide bonds. The molecule has 0 saturated carbocycles. The van der Waals surface area contributed by atoms with Gasteiger partial charge in [0.2, 0.25) is 5.91 Å². The summed E-state index contributed by atoms with van der Waals surface area (Å²) >= 11 is 0. The molecule has 0 heterocycles. The summed E-state index contributed by atoms with van der Waals surface area (Å²) in [7, 11) is 1.44. The van der Waals surface area contributed by atoms with E-state index in [-0.39, 0.29) is 17.0 Å². The lowest BCUT2D eigenvalue weighted by molar-refractivity contribution is -0.137. The van der Waals surface area contributed by atoms with Gasteiger partial charge in [0.05, 0.1) is 36.5 Å². The van der Waals surface area contributed by atoms with E-state index in [4.69, 9.17) is 9.84 Å². The van der Waals surface area contributed by atoms with E-state index in [0.717, 1.165) is 5.56 Å². The highest BCUT2D eigenvalue weighted by Crippen LogP contribution is 2.34. The molecule has 0 unspecified atom stereocenters. The number of aryl methyl sites for hydroxylation is 1. The van der Waals surface area contributed by atoms with E-state index in [1.807, 2.05) is 25.1 Å². The number of rotatable bonds is 11. The van der Waals surface area contributed by atoms with Crippen LogP contribution in [0, 0.1) is 6.92 Å². The van der Waals surface area contributed by atoms with Crippen LogP contribution in [0.5, 0.6) is 5.75 Å². The van der Waals surface area contributed by atoms with Crippen molar-refractivity contribution in [2.75, 3.05) is 22.6 Å². The van der Waals surface area contributed by atoms with E-state index < -0.39 is 36.3 Å². The molecule has 4 aromatic rings. The van der Waals surface area contributed by atoms with Crippen molar-refractivity contribution in [1.29, 1.82) is 0 Å². The first-order chi connectivity index (χ1) is 22.0. The molecule has 5 N–H and O–H groups in total. The monoisotopic (exact) mass is 624 g/mol. The highest BCUT2D eigenvalue weighted by Gasteiger charge is 2.22. The number of carboxylic acid groups (broad SMARTS) is 2. The molecule has 0 spiro atoms. The van der Waals surface area contributed by atoms with Crippen LogP contribution in [-0.2, 0) is 9.59 Å². The SMILES string of the molecule is COc1cc(N(C(C)=O)c2ccc([C@@H](CC(=O)O)NC(=O)c3ccc(C(=O)O)cc3)cc2)ccc1NC(=O)Nc1ccccc1C. The number of carbonyl (C=O) groups is 5. The molecule has 12 nitrogen and oxygen atoms in total. The Morgan fingerprint density at radius 2 is 1.39 bits per heavy atom. The molecule has 0 radical (unpaired) electrons. The molecule has 0 saturated heterocycles. The first-order valence-electron chi connectivity index (χ1n) is 14.0. The number of para-hydroxylation sites is 1. The first-order valence-corrected chi connectivity index (χ1v) is 14.0. The zero-order chi connectivity index (χ0) is 33.4. The summed E-state index contributed by atoms with van der Waals surface area (Å²) in [5, 5.41) is 26.8. The number of hydrogen-bond donors (Lipinski definition) is 5. The summed E-state index contributed by atoms with van der Waals surface area (Å²) < 4.78 is 5.50. The van der Waals surface area contributed by atoms with Crippen LogP contribution in [0.1, 0.15) is 51.2 Å². The Kier molecular flexibility index (Phi) is 10.3. The molecule has 12 heteroatoms. The quantitative estimate of drug-likeness (QED) is 0.136. The van der Waals surface area contributed by atoms with Crippen LogP contribution in [-0.4, -0.2) is 47.1 Å². The highest BCUT2D eigenvalue weighted by molar-refractivity contribution is 6.03. The zero-order valence-corrected chi connectivity index (χ0v) is 25.2. The number of carboxylic acids is 2. The minimum Gasteiger partial charge on any atom is -0.494 e. The number of amides is 4. The van der Waals surface area contributed by atoms with E-state index in [9.17, 15) is 29.1 Å². The Bertz CT molecular complexity index is 1770. The second-order valence-corrected chi connectivity index (χ2v) is 10.2. The van der Waals surface area contributed by atoms with Crippen LogP contribution in [0.4, 0.5) is 27.5 Å². The maximum atomic E-state index is 12.9. The fourth-order valence-corrected chi connectivity index (χ4v) is 4.71. The number of nitrogens with zero attached hydrogens (tertiary/aromatic N) is 1. The van der Waals surface area contributed by atoms with Crippen molar-refractivity contribution in [3.63, 3.8) is 0 Å². The number of hydrogen-bond acceptors (Lipinski definition) is 6. The molecule has 0 aliphatic carbocycles. The molecule has 1 atom stereocenters. The zero-order valence-electron chi connectivity index (χ0n) is 25.2. The van der Waals surface area contributed by atoms with Gasteiger partial charge in [-0.15, -0.1) is 0 Å². The summed E-state index contributed by atoms with van der Waals surface area (Å²) in [6.45, 7) is 3.26. The van der Waals surface area contributed by atoms with Crippen LogP contribution in [0.15, 0.2) is 91.0 Å². The van der Waals surface area contributed by atoms with Crippen molar-refractivity contribution in [2.45, 2.75) is 26.3 Å². The van der Waals surface area contributed by atoms with Crippen LogP contribution < -0.4 is 25.6 Å². The number of anilines is 4. The van der Waals surface area contributed by atoms with E-state index in [0.29, 0.717) is 34.1 Å². The number of aromatic carboxylic acids is 1. The molecule has 0 aliphatic heterocycles. The van der Waals surface area contributed by atoms with Gasteiger partial charge in [-0.05, 0) is 72.6 Å². The number of urea groups is 1. The van der Waals surface area contributed by atoms with E-state index in [2.05, 4.69) is 16.0 Å². The lowest BCUT2D eigenvalue weighted by Crippen LogP contribution is -2.30. The molecular formula is C34H32N4O8. The Balaban J connectivity index is 1.54. The molecule has 4 aromatic carbocycles. The standard InChI is InChI=1S/C34H32N4O8/c1-20-6-4-5-7-27(20)36-34(45)37-28-17-16-26(18-30(28)46-3)38(21(2)39)25-14-12-22(13-15-25)29(19-31(40)41)35-32(42)23-8-10-24(11-9-23)33(43)44/h4-18,29H,19H2,1-3H3,(H,35,42)(H,40,41)(H,43,44)(H2,36,37,45)/t29-/m1/s1. The van der Waals surface area contributed by atoms with Gasteiger partial charge in [-0.2, -0.15) is 0 Å². The normalized spacial score (nSPS) is 11.1. The fourth-order valence-electron chi connectivity index (χ4n) is 4.71. The summed E-state index contributed by atoms with van der Waals surface area (Å²) in [6.07, 6.45) is -0.419. The predicted molar refractivity (Wildman–Crippen MR) is 172 cm³/mol. The third kappa shape index (κ3) is 8.05. The van der Waals surface area contributed by atoms with Gasteiger partial charge >= 0.3 is 18.0 Å². The largest absolute Gasteiger partial charge is 0.494 e. The maximum Gasteiger partial charge on any atom is 0.335 e. The first kappa shape index (κ1) is 32.7. The maximum absolute atomic E-state index is 12.9. The number of ether oxygens (including phenoxy) is 1. The van der Waals surface area contributed by atoms with E-state index in [1.165, 1.54) is 43.2 Å². The molecular weight excluding hydrogens is 592 g/mol. The molecule has 4 rings (SSSR count). The van der Waals surface area contributed by atoms with Crippen molar-refractivity contribution < 1.29 is 38.9 Å². The average Bonchev–Trinajstić information content (AvgIpc) is 3.02. The van der Waals surface area contributed by atoms with Crippen molar-refractivity contribution in [2.24, 2.45) is 0 Å². The second-order valence-electron chi connectivity index (χ2n) is 10.2. The van der Waals surface area contributed by atoms with Gasteiger partial charge in [0, 0.05) is 29.9 Å². The number of nitrogens with one attached hydrogen (secondary N) is 3. The Morgan fingerprint density at radius 3 is 1.98 bits per heavy atom. The predicted octanol–water partition coefficient (Wildman–Crippen LogP) is 5.98. The average molecular weight is 625 g/mol. The van der Waals surface area contributed by atoms with Crippen LogP contribution in [0.3, 0.4) is 0 Å². The molecule has 0 bridgehead atoms. The number of carbonyl (C=O) groups excluding carboxylic acids is 3. The smallest absolute Gasteiger partial charge is 0.335 e. The lowest BCUT2D eigenvalue weighted by Gasteiger charge is -2.24. The van der Waals surface area contributed by atoms with Gasteiger partial charge in [0.1, 0.15) is 5.75 Å². The minimum atomic E-state index is -1.14. The summed E-state index contributed by atoms with van der Waals surface area (Å²) in [5.74, 6) is -2.88. The fraction of sp³-hybridized carbons (Fsp3) is 0.147. The highest BCUT2D eigenvalue weighted by atomic mass is 16.5. The van der Waals surface area contributed by atoms with Crippen LogP contribution in [0.25, 0.3) is 0 Å². The second kappa shape index (κ2) is 14.5. The van der Waals surface area contributed by atoms with Gasteiger partial charge in [0.25, 0.3) is 5.91 Å². The molecule has 236 valence electrons. The van der Waals surface area contributed by atoms with E-state index in [1.54, 1.807) is 48.5 Å². The number of benzene rings is 4. The van der Waals surface area contributed by atoms with Crippen LogP contribution >= 0.6 is 0 Å². The minimum absolute atomic E-state index is 0.0106. The van der Waals surface area contributed by atoms with Crippen LogP contribution in [0.2, 0.25) is 0 Å². The van der Waals surface area contributed by atoms with Gasteiger partial charge in [-0.1, -0.05) is 30.3 Å². The van der Waals surface area contributed by atoms with Crippen molar-refractivity contribution in [3.8, 4) is 5.75 Å².